The van der Waals surface area contributed by atoms with E-state index in [4.69, 9.17) is 15.3 Å². The Morgan fingerprint density at radius 1 is 1.23 bits per heavy atom. The van der Waals surface area contributed by atoms with Gasteiger partial charge in [-0.2, -0.15) is 0 Å². The van der Waals surface area contributed by atoms with Crippen molar-refractivity contribution in [1.29, 1.82) is 0 Å². The third-order valence-electron chi connectivity index (χ3n) is 0.787. The molecule has 78 valence electrons. The lowest BCUT2D eigenvalue weighted by molar-refractivity contribution is -0.393. The van der Waals surface area contributed by atoms with Gasteiger partial charge in [0.05, 0.1) is 26.4 Å². The molecule has 0 spiro atoms. The average molecular weight is 196 g/mol. The molecule has 0 saturated carbocycles. The van der Waals surface area contributed by atoms with Gasteiger partial charge < -0.3 is 15.3 Å². The summed E-state index contributed by atoms with van der Waals surface area (Å²) in [6.45, 7) is -0.794. The first kappa shape index (κ1) is 12.1. The summed E-state index contributed by atoms with van der Waals surface area (Å²) in [6, 6.07) is 0. The van der Waals surface area contributed by atoms with Crippen LogP contribution in [0.3, 0.4) is 0 Å². The Hall–Kier alpha value is -0.930. The smallest absolute Gasteiger partial charge is 0.423 e. The number of aliphatic hydroxyl groups is 2. The van der Waals surface area contributed by atoms with Crippen molar-refractivity contribution in [2.75, 3.05) is 26.4 Å². The fraction of sp³-hybridized carbons (Fsp3) is 0.800. The molecule has 4 N–H and O–H groups in total. The van der Waals surface area contributed by atoms with Gasteiger partial charge in [0.1, 0.15) is 0 Å². The molecule has 0 aliphatic rings. The molecule has 8 heteroatoms. The second-order valence-electron chi connectivity index (χ2n) is 1.79. The number of nitrogens with one attached hydrogen (secondary N) is 1. The maximum Gasteiger partial charge on any atom is 0.423 e. The van der Waals surface area contributed by atoms with Crippen LogP contribution < -0.4 is 5.43 Å². The molecule has 0 aliphatic heterocycles. The summed E-state index contributed by atoms with van der Waals surface area (Å²) >= 11 is 0. The van der Waals surface area contributed by atoms with Gasteiger partial charge in [0.25, 0.3) is 0 Å². The second-order valence-corrected chi connectivity index (χ2v) is 1.79. The summed E-state index contributed by atoms with van der Waals surface area (Å²) in [5.41, 5.74) is 1.73. The second kappa shape index (κ2) is 7.71. The van der Waals surface area contributed by atoms with Gasteiger partial charge in [0.2, 0.25) is 0 Å². The molecule has 0 bridgehead atoms. The minimum Gasteiger partial charge on any atom is -0.464 e. The molecule has 0 saturated heterocycles. The van der Waals surface area contributed by atoms with Gasteiger partial charge >= 0.3 is 6.09 Å². The normalized spacial score (nSPS) is 10.4. The maximum absolute atomic E-state index is 10.1. The SMILES string of the molecule is O=C(O)NN(OCCO)OCCO. The van der Waals surface area contributed by atoms with E-state index in [2.05, 4.69) is 9.68 Å². The van der Waals surface area contributed by atoms with Crippen LogP contribution in [0.4, 0.5) is 4.79 Å². The summed E-state index contributed by atoms with van der Waals surface area (Å²) in [4.78, 5) is 19.2. The van der Waals surface area contributed by atoms with Gasteiger partial charge in [0.15, 0.2) is 0 Å². The summed E-state index contributed by atoms with van der Waals surface area (Å²) in [7, 11) is 0. The highest BCUT2D eigenvalue weighted by molar-refractivity contribution is 5.63. The lowest BCUT2D eigenvalue weighted by Gasteiger charge is -2.18. The largest absolute Gasteiger partial charge is 0.464 e. The van der Waals surface area contributed by atoms with Crippen LogP contribution in [0.5, 0.6) is 0 Å². The van der Waals surface area contributed by atoms with E-state index in [1.807, 2.05) is 0 Å². The van der Waals surface area contributed by atoms with Crippen LogP contribution in [0.1, 0.15) is 0 Å². The zero-order valence-electron chi connectivity index (χ0n) is 6.84. The predicted octanol–water partition coefficient (Wildman–Crippen LogP) is -1.68. The van der Waals surface area contributed by atoms with E-state index in [9.17, 15) is 4.79 Å². The van der Waals surface area contributed by atoms with Crippen LogP contribution in [-0.2, 0) is 9.68 Å². The topological polar surface area (TPSA) is 111 Å². The van der Waals surface area contributed by atoms with E-state index in [0.29, 0.717) is 5.34 Å². The summed E-state index contributed by atoms with van der Waals surface area (Å²) in [5.74, 6) is 0. The fourth-order valence-electron chi connectivity index (χ4n) is 0.427. The molecule has 0 aromatic heterocycles. The Labute approximate surface area is 74.2 Å². The van der Waals surface area contributed by atoms with E-state index >= 15 is 0 Å². The fourth-order valence-corrected chi connectivity index (χ4v) is 0.427. The number of amides is 1. The highest BCUT2D eigenvalue weighted by Crippen LogP contribution is 1.87. The molecule has 0 unspecified atom stereocenters. The number of nitrogens with zero attached hydrogens (tertiary/aromatic N) is 1. The molecule has 8 nitrogen and oxygen atoms in total. The Morgan fingerprint density at radius 2 is 1.69 bits per heavy atom. The Bertz CT molecular complexity index is 135. The van der Waals surface area contributed by atoms with Gasteiger partial charge in [-0.05, 0) is 0 Å². The standard InChI is InChI=1S/C5H12N2O6/c8-1-3-12-7(6-5(10)11)13-4-2-9/h6,8-9H,1-4H2,(H,10,11). The van der Waals surface area contributed by atoms with Crippen LogP contribution >= 0.6 is 0 Å². The first-order valence-corrected chi connectivity index (χ1v) is 3.48. The molecule has 13 heavy (non-hydrogen) atoms. The van der Waals surface area contributed by atoms with E-state index in [0.717, 1.165) is 0 Å². The average Bonchev–Trinajstić information content (AvgIpc) is 2.09. The minimum atomic E-state index is -1.38. The van der Waals surface area contributed by atoms with E-state index < -0.39 is 6.09 Å². The van der Waals surface area contributed by atoms with E-state index in [1.54, 1.807) is 5.43 Å². The summed E-state index contributed by atoms with van der Waals surface area (Å²) in [6.07, 6.45) is -1.38. The van der Waals surface area contributed by atoms with Crippen molar-refractivity contribution in [3.63, 3.8) is 0 Å². The van der Waals surface area contributed by atoms with Gasteiger partial charge in [0, 0.05) is 5.34 Å². The van der Waals surface area contributed by atoms with Crippen molar-refractivity contribution in [1.82, 2.24) is 10.8 Å². The van der Waals surface area contributed by atoms with E-state index in [-0.39, 0.29) is 26.4 Å². The van der Waals surface area contributed by atoms with Crippen molar-refractivity contribution in [3.8, 4) is 0 Å². The van der Waals surface area contributed by atoms with Gasteiger partial charge in [-0.1, -0.05) is 0 Å². The summed E-state index contributed by atoms with van der Waals surface area (Å²) < 4.78 is 0. The van der Waals surface area contributed by atoms with Crippen LogP contribution in [0.15, 0.2) is 0 Å². The van der Waals surface area contributed by atoms with Crippen molar-refractivity contribution in [3.05, 3.63) is 0 Å². The highest BCUT2D eigenvalue weighted by Gasteiger charge is 2.08. The van der Waals surface area contributed by atoms with Crippen LogP contribution in [0.25, 0.3) is 0 Å². The van der Waals surface area contributed by atoms with E-state index in [1.165, 1.54) is 0 Å². The third kappa shape index (κ3) is 7.43. The van der Waals surface area contributed by atoms with Crippen molar-refractivity contribution in [2.45, 2.75) is 0 Å². The zero-order chi connectivity index (χ0) is 10.1. The Morgan fingerprint density at radius 3 is 2.00 bits per heavy atom. The molecule has 0 aromatic rings. The summed E-state index contributed by atoms with van der Waals surface area (Å²) in [5, 5.41) is 25.4. The lowest BCUT2D eigenvalue weighted by atomic mass is 10.8. The predicted molar refractivity (Wildman–Crippen MR) is 39.1 cm³/mol. The molecule has 0 aromatic carbocycles. The van der Waals surface area contributed by atoms with Crippen molar-refractivity contribution in [2.24, 2.45) is 0 Å². The zero-order valence-corrected chi connectivity index (χ0v) is 6.84. The van der Waals surface area contributed by atoms with Crippen molar-refractivity contribution < 1.29 is 29.8 Å². The molecule has 0 rings (SSSR count). The molecule has 0 fully saturated rings. The number of hydrogen-bond donors (Lipinski definition) is 4. The Balaban J connectivity index is 3.66. The lowest BCUT2D eigenvalue weighted by Crippen LogP contribution is -2.42. The third-order valence-corrected chi connectivity index (χ3v) is 0.787. The molecular weight excluding hydrogens is 184 g/mol. The van der Waals surface area contributed by atoms with Crippen LogP contribution in [0.2, 0.25) is 0 Å². The molecule has 0 heterocycles. The molecular formula is C5H12N2O6. The Kier molecular flexibility index (Phi) is 7.15. The van der Waals surface area contributed by atoms with Gasteiger partial charge in [-0.15, -0.1) is 0 Å². The highest BCUT2D eigenvalue weighted by atomic mass is 17.0. The number of carboxylic acid groups (broad SMARTS) is 1. The van der Waals surface area contributed by atoms with Gasteiger partial charge in [-0.25, -0.2) is 10.2 Å². The maximum atomic E-state index is 10.1. The number of hydrazine groups is 1. The quantitative estimate of drug-likeness (QED) is 0.360. The number of carbonyl (C=O) groups is 1. The molecule has 0 aliphatic carbocycles. The van der Waals surface area contributed by atoms with Crippen molar-refractivity contribution >= 4 is 6.09 Å². The van der Waals surface area contributed by atoms with Crippen LogP contribution in [0, 0.1) is 0 Å². The minimum absolute atomic E-state index is 0.119. The number of rotatable bonds is 7. The van der Waals surface area contributed by atoms with Gasteiger partial charge in [-0.3, -0.25) is 9.68 Å². The number of aliphatic hydroxyl groups excluding tert-OH is 2. The molecule has 0 radical (unpaired) electrons. The first-order valence-electron chi connectivity index (χ1n) is 3.48. The molecule has 0 atom stereocenters. The number of hydrogen-bond acceptors (Lipinski definition) is 6. The monoisotopic (exact) mass is 196 g/mol. The first-order chi connectivity index (χ1) is 6.20. The molecule has 1 amide bonds. The van der Waals surface area contributed by atoms with Crippen LogP contribution in [-0.4, -0.2) is 53.2 Å².